The molecular weight excluding hydrogens is 200 g/mol. The molecule has 0 aliphatic heterocycles. The first-order valence-corrected chi connectivity index (χ1v) is 5.36. The summed E-state index contributed by atoms with van der Waals surface area (Å²) in [7, 11) is 0. The maximum Gasteiger partial charge on any atom is 0.151 e. The summed E-state index contributed by atoms with van der Waals surface area (Å²) < 4.78 is 0. The SMILES string of the molecule is CCC(O)CC(O)CC(O)CCC(O)O. The fourth-order valence-corrected chi connectivity index (χ4v) is 1.35. The van der Waals surface area contributed by atoms with Crippen LogP contribution in [0.5, 0.6) is 0 Å². The van der Waals surface area contributed by atoms with Crippen LogP contribution in [-0.2, 0) is 0 Å². The van der Waals surface area contributed by atoms with Crippen LogP contribution in [0.1, 0.15) is 39.0 Å². The molecular formula is C10H22O5. The van der Waals surface area contributed by atoms with Crippen LogP contribution in [0.25, 0.3) is 0 Å². The van der Waals surface area contributed by atoms with Crippen molar-refractivity contribution in [3.05, 3.63) is 0 Å². The molecule has 0 heterocycles. The second-order valence-corrected chi connectivity index (χ2v) is 3.90. The summed E-state index contributed by atoms with van der Waals surface area (Å²) in [4.78, 5) is 0. The Labute approximate surface area is 90.0 Å². The average molecular weight is 222 g/mol. The predicted molar refractivity (Wildman–Crippen MR) is 55.0 cm³/mol. The average Bonchev–Trinajstić information content (AvgIpc) is 2.14. The molecule has 0 aromatic carbocycles. The van der Waals surface area contributed by atoms with Crippen LogP contribution in [0.3, 0.4) is 0 Å². The molecule has 0 rings (SSSR count). The Morgan fingerprint density at radius 2 is 1.27 bits per heavy atom. The lowest BCUT2D eigenvalue weighted by atomic mass is 10.0. The molecule has 0 aromatic heterocycles. The third-order valence-electron chi connectivity index (χ3n) is 2.32. The molecule has 0 fully saturated rings. The molecule has 3 atom stereocenters. The molecule has 5 nitrogen and oxygen atoms in total. The second-order valence-electron chi connectivity index (χ2n) is 3.90. The fraction of sp³-hybridized carbons (Fsp3) is 1.00. The monoisotopic (exact) mass is 222 g/mol. The third kappa shape index (κ3) is 8.77. The maximum absolute atomic E-state index is 9.44. The van der Waals surface area contributed by atoms with E-state index in [1.807, 2.05) is 6.92 Å². The Morgan fingerprint density at radius 3 is 1.73 bits per heavy atom. The van der Waals surface area contributed by atoms with Crippen molar-refractivity contribution in [2.24, 2.45) is 0 Å². The number of hydrogen-bond acceptors (Lipinski definition) is 5. The zero-order valence-electron chi connectivity index (χ0n) is 9.08. The van der Waals surface area contributed by atoms with Crippen molar-refractivity contribution >= 4 is 0 Å². The first-order chi connectivity index (χ1) is 6.95. The highest BCUT2D eigenvalue weighted by molar-refractivity contribution is 4.67. The predicted octanol–water partition coefficient (Wildman–Crippen LogP) is -0.650. The van der Waals surface area contributed by atoms with Crippen molar-refractivity contribution in [3.63, 3.8) is 0 Å². The number of hydrogen-bond donors (Lipinski definition) is 5. The van der Waals surface area contributed by atoms with Crippen LogP contribution in [0.2, 0.25) is 0 Å². The van der Waals surface area contributed by atoms with Crippen LogP contribution in [0.4, 0.5) is 0 Å². The number of aliphatic hydroxyl groups excluding tert-OH is 4. The number of aliphatic hydroxyl groups is 5. The van der Waals surface area contributed by atoms with Crippen molar-refractivity contribution in [3.8, 4) is 0 Å². The lowest BCUT2D eigenvalue weighted by molar-refractivity contribution is -0.0562. The van der Waals surface area contributed by atoms with Crippen LogP contribution < -0.4 is 0 Å². The topological polar surface area (TPSA) is 101 Å². The van der Waals surface area contributed by atoms with E-state index in [1.54, 1.807) is 0 Å². The van der Waals surface area contributed by atoms with Gasteiger partial charge in [0.05, 0.1) is 18.3 Å². The Bertz CT molecular complexity index is 151. The molecule has 0 saturated heterocycles. The van der Waals surface area contributed by atoms with E-state index in [-0.39, 0.29) is 25.7 Å². The van der Waals surface area contributed by atoms with Crippen LogP contribution >= 0.6 is 0 Å². The minimum absolute atomic E-state index is 0.0875. The molecule has 3 unspecified atom stereocenters. The van der Waals surface area contributed by atoms with Crippen LogP contribution in [0.15, 0.2) is 0 Å². The summed E-state index contributed by atoms with van der Waals surface area (Å²) in [6, 6.07) is 0. The van der Waals surface area contributed by atoms with Gasteiger partial charge in [-0.3, -0.25) is 0 Å². The number of rotatable bonds is 8. The van der Waals surface area contributed by atoms with Gasteiger partial charge < -0.3 is 25.5 Å². The van der Waals surface area contributed by atoms with E-state index in [4.69, 9.17) is 10.2 Å². The molecule has 0 spiro atoms. The minimum Gasteiger partial charge on any atom is -0.393 e. The summed E-state index contributed by atoms with van der Waals surface area (Å²) in [5.74, 6) is 0. The van der Waals surface area contributed by atoms with Gasteiger partial charge in [-0.05, 0) is 25.7 Å². The lowest BCUT2D eigenvalue weighted by Gasteiger charge is -2.18. The normalized spacial score (nSPS) is 17.8. The van der Waals surface area contributed by atoms with E-state index in [1.165, 1.54) is 0 Å². The van der Waals surface area contributed by atoms with E-state index < -0.39 is 24.6 Å². The first-order valence-electron chi connectivity index (χ1n) is 5.36. The van der Waals surface area contributed by atoms with E-state index in [9.17, 15) is 15.3 Å². The summed E-state index contributed by atoms with van der Waals surface area (Å²) in [6.07, 6.45) is -2.17. The quantitative estimate of drug-likeness (QED) is 0.351. The molecule has 0 aliphatic carbocycles. The first kappa shape index (κ1) is 14.8. The molecule has 0 radical (unpaired) electrons. The molecule has 0 saturated carbocycles. The van der Waals surface area contributed by atoms with Crippen molar-refractivity contribution in [2.45, 2.75) is 63.6 Å². The van der Waals surface area contributed by atoms with E-state index in [2.05, 4.69) is 0 Å². The Balaban J connectivity index is 3.61. The van der Waals surface area contributed by atoms with Crippen molar-refractivity contribution in [1.82, 2.24) is 0 Å². The highest BCUT2D eigenvalue weighted by Gasteiger charge is 2.15. The third-order valence-corrected chi connectivity index (χ3v) is 2.32. The smallest absolute Gasteiger partial charge is 0.151 e. The zero-order chi connectivity index (χ0) is 11.8. The van der Waals surface area contributed by atoms with Crippen LogP contribution in [0, 0.1) is 0 Å². The van der Waals surface area contributed by atoms with Crippen molar-refractivity contribution in [1.29, 1.82) is 0 Å². The highest BCUT2D eigenvalue weighted by atomic mass is 16.5. The summed E-state index contributed by atoms with van der Waals surface area (Å²) in [5.41, 5.74) is 0. The molecule has 92 valence electrons. The van der Waals surface area contributed by atoms with Gasteiger partial charge in [-0.15, -0.1) is 0 Å². The van der Waals surface area contributed by atoms with E-state index >= 15 is 0 Å². The van der Waals surface area contributed by atoms with Crippen molar-refractivity contribution < 1.29 is 25.5 Å². The molecule has 0 aliphatic rings. The summed E-state index contributed by atoms with van der Waals surface area (Å²) >= 11 is 0. The standard InChI is InChI=1S/C10H22O5/c1-2-7(11)5-9(13)6-8(12)3-4-10(14)15/h7-15H,2-6H2,1H3. The molecule has 0 amide bonds. The Morgan fingerprint density at radius 1 is 0.733 bits per heavy atom. The second kappa shape index (κ2) is 8.01. The molecule has 5 N–H and O–H groups in total. The van der Waals surface area contributed by atoms with Gasteiger partial charge in [-0.25, -0.2) is 0 Å². The Hall–Kier alpha value is -0.200. The maximum atomic E-state index is 9.44. The largest absolute Gasteiger partial charge is 0.393 e. The Kier molecular flexibility index (Phi) is 7.90. The summed E-state index contributed by atoms with van der Waals surface area (Å²) in [6.45, 7) is 1.82. The minimum atomic E-state index is -1.42. The van der Waals surface area contributed by atoms with E-state index in [0.717, 1.165) is 0 Å². The highest BCUT2D eigenvalue weighted by Crippen LogP contribution is 2.11. The van der Waals surface area contributed by atoms with Gasteiger partial charge in [0.1, 0.15) is 0 Å². The van der Waals surface area contributed by atoms with Crippen molar-refractivity contribution in [2.75, 3.05) is 0 Å². The van der Waals surface area contributed by atoms with Gasteiger partial charge in [-0.2, -0.15) is 0 Å². The molecule has 5 heteroatoms. The van der Waals surface area contributed by atoms with Crippen LogP contribution in [-0.4, -0.2) is 50.1 Å². The van der Waals surface area contributed by atoms with Gasteiger partial charge >= 0.3 is 0 Å². The van der Waals surface area contributed by atoms with Gasteiger partial charge in [0.15, 0.2) is 6.29 Å². The molecule has 0 aromatic rings. The van der Waals surface area contributed by atoms with Gasteiger partial charge in [-0.1, -0.05) is 6.92 Å². The lowest BCUT2D eigenvalue weighted by Crippen LogP contribution is -2.23. The molecule has 0 bridgehead atoms. The zero-order valence-corrected chi connectivity index (χ0v) is 9.08. The van der Waals surface area contributed by atoms with Gasteiger partial charge in [0.2, 0.25) is 0 Å². The summed E-state index contributed by atoms with van der Waals surface area (Å²) in [5, 5.41) is 45.2. The van der Waals surface area contributed by atoms with Gasteiger partial charge in [0, 0.05) is 6.42 Å². The fourth-order valence-electron chi connectivity index (χ4n) is 1.35. The van der Waals surface area contributed by atoms with E-state index in [0.29, 0.717) is 6.42 Å². The molecule has 15 heavy (non-hydrogen) atoms. The van der Waals surface area contributed by atoms with Gasteiger partial charge in [0.25, 0.3) is 0 Å².